The molecule has 0 N–H and O–H groups in total. The third-order valence-electron chi connectivity index (χ3n) is 7.09. The number of aryl methyl sites for hydroxylation is 1. The third kappa shape index (κ3) is 4.22. The fraction of sp³-hybridized carbons (Fsp3) is 0.750. The van der Waals surface area contributed by atoms with E-state index in [-0.39, 0.29) is 0 Å². The van der Waals surface area contributed by atoms with E-state index >= 15 is 0 Å². The fourth-order valence-electron chi connectivity index (χ4n) is 5.36. The summed E-state index contributed by atoms with van der Waals surface area (Å²) in [5.41, 5.74) is 0.547. The Morgan fingerprint density at radius 3 is 2.38 bits per heavy atom. The smallest absolute Gasteiger partial charge is 0.0870 e. The Kier molecular flexibility index (Phi) is 7.25. The summed E-state index contributed by atoms with van der Waals surface area (Å²) in [5, 5.41) is 1.53. The van der Waals surface area contributed by atoms with Crippen molar-refractivity contribution in [3.05, 3.63) is 21.9 Å². The van der Waals surface area contributed by atoms with Gasteiger partial charge < -0.3 is 0 Å². The zero-order valence-corrected chi connectivity index (χ0v) is 19.0. The highest BCUT2D eigenvalue weighted by atomic mass is 32.2. The van der Waals surface area contributed by atoms with Crippen LogP contribution in [0.1, 0.15) is 108 Å². The van der Waals surface area contributed by atoms with Crippen LogP contribution in [0, 0.1) is 11.3 Å². The summed E-state index contributed by atoms with van der Waals surface area (Å²) in [6.07, 6.45) is 15.3. The van der Waals surface area contributed by atoms with E-state index < -0.39 is 0 Å². The number of unbranched alkanes of at least 4 members (excludes halogenated alkanes) is 2. The van der Waals surface area contributed by atoms with E-state index in [0.29, 0.717) is 5.41 Å². The van der Waals surface area contributed by atoms with Gasteiger partial charge in [-0.15, -0.1) is 22.7 Å². The first kappa shape index (κ1) is 20.4. The van der Waals surface area contributed by atoms with Gasteiger partial charge in [-0.1, -0.05) is 72.6 Å². The molecule has 0 aromatic carbocycles. The van der Waals surface area contributed by atoms with Crippen molar-refractivity contribution in [1.82, 2.24) is 0 Å². The summed E-state index contributed by atoms with van der Waals surface area (Å²) < 4.78 is 1.58. The molecule has 1 aliphatic rings. The largest absolute Gasteiger partial charge is 0.129 e. The second kappa shape index (κ2) is 9.24. The quantitative estimate of drug-likeness (QED) is 0.374. The molecule has 26 heavy (non-hydrogen) atoms. The maximum absolute atomic E-state index is 2.56. The molecule has 0 spiro atoms. The van der Waals surface area contributed by atoms with Crippen molar-refractivity contribution >= 4 is 32.1 Å². The molecule has 146 valence electrons. The van der Waals surface area contributed by atoms with Crippen LogP contribution < -0.4 is 0 Å². The topological polar surface area (TPSA) is 0 Å². The average molecular weight is 391 g/mol. The van der Waals surface area contributed by atoms with Crippen molar-refractivity contribution in [2.75, 3.05) is 0 Å². The summed E-state index contributed by atoms with van der Waals surface area (Å²) in [6, 6.07) is 5.05. The van der Waals surface area contributed by atoms with Crippen LogP contribution in [0.4, 0.5) is 0 Å². The summed E-state index contributed by atoms with van der Waals surface area (Å²) in [7, 11) is 0. The van der Waals surface area contributed by atoms with Gasteiger partial charge in [-0.25, -0.2) is 0 Å². The van der Waals surface area contributed by atoms with E-state index in [2.05, 4.69) is 62.5 Å². The van der Waals surface area contributed by atoms with Crippen LogP contribution in [-0.2, 0) is 6.42 Å². The number of rotatable bonds is 9. The van der Waals surface area contributed by atoms with Crippen LogP contribution >= 0.6 is 22.7 Å². The van der Waals surface area contributed by atoms with Gasteiger partial charge in [0.2, 0.25) is 0 Å². The van der Waals surface area contributed by atoms with Gasteiger partial charge in [-0.2, -0.15) is 0 Å². The first-order valence-electron chi connectivity index (χ1n) is 11.1. The molecule has 1 fully saturated rings. The van der Waals surface area contributed by atoms with Crippen LogP contribution in [-0.4, -0.2) is 0 Å². The Morgan fingerprint density at radius 1 is 0.962 bits per heavy atom. The molecular formula is C24H38S2. The summed E-state index contributed by atoms with van der Waals surface area (Å²) in [6.45, 7) is 9.75. The second-order valence-corrected chi connectivity index (χ2v) is 11.2. The molecule has 3 rings (SSSR count). The van der Waals surface area contributed by atoms with Gasteiger partial charge >= 0.3 is 0 Å². The van der Waals surface area contributed by atoms with Crippen molar-refractivity contribution < 1.29 is 0 Å². The lowest BCUT2D eigenvalue weighted by Crippen LogP contribution is -2.36. The minimum atomic E-state index is 0.547. The summed E-state index contributed by atoms with van der Waals surface area (Å²) >= 11 is 4.18. The minimum absolute atomic E-state index is 0.547. The molecule has 0 bridgehead atoms. The molecule has 2 atom stereocenters. The Hall–Kier alpha value is -0.340. The molecule has 1 aliphatic carbocycles. The normalized spacial score (nSPS) is 19.7. The summed E-state index contributed by atoms with van der Waals surface area (Å²) in [4.78, 5) is 3.27. The molecule has 0 nitrogen and oxygen atoms in total. The van der Waals surface area contributed by atoms with Crippen molar-refractivity contribution in [3.8, 4) is 0 Å². The van der Waals surface area contributed by atoms with E-state index in [0.717, 1.165) is 11.8 Å². The molecular weight excluding hydrogens is 352 g/mol. The first-order valence-corrected chi connectivity index (χ1v) is 12.8. The predicted molar refractivity (Wildman–Crippen MR) is 121 cm³/mol. The molecule has 2 aromatic heterocycles. The van der Waals surface area contributed by atoms with E-state index in [9.17, 15) is 0 Å². The van der Waals surface area contributed by atoms with Gasteiger partial charge in [0, 0.05) is 15.1 Å². The van der Waals surface area contributed by atoms with Crippen LogP contribution in [0.2, 0.25) is 0 Å². The molecule has 0 radical (unpaired) electrons. The van der Waals surface area contributed by atoms with Gasteiger partial charge in [0.05, 0.1) is 4.01 Å². The summed E-state index contributed by atoms with van der Waals surface area (Å²) in [5.74, 6) is 1.57. The SMILES string of the molecule is CCCCCc1cc2cc(C(C)C3(C(C)CCC)CCCCC3)sc2s1. The number of hydrogen-bond acceptors (Lipinski definition) is 2. The van der Waals surface area contributed by atoms with Gasteiger partial charge in [0.15, 0.2) is 0 Å². The van der Waals surface area contributed by atoms with Gasteiger partial charge in [0.1, 0.15) is 0 Å². The van der Waals surface area contributed by atoms with Crippen molar-refractivity contribution in [1.29, 1.82) is 0 Å². The van der Waals surface area contributed by atoms with Gasteiger partial charge in [-0.3, -0.25) is 0 Å². The Bertz CT molecular complexity index is 640. The number of hydrogen-bond donors (Lipinski definition) is 0. The predicted octanol–water partition coefficient (Wildman–Crippen LogP) is 9.19. The monoisotopic (exact) mass is 390 g/mol. The van der Waals surface area contributed by atoms with E-state index in [1.54, 1.807) is 13.8 Å². The number of thiophene rings is 2. The van der Waals surface area contributed by atoms with Crippen molar-refractivity contribution in [2.45, 2.75) is 104 Å². The molecule has 1 saturated carbocycles. The van der Waals surface area contributed by atoms with E-state index in [1.165, 1.54) is 76.0 Å². The minimum Gasteiger partial charge on any atom is -0.129 e. The third-order valence-corrected chi connectivity index (χ3v) is 9.72. The molecule has 2 aromatic rings. The van der Waals surface area contributed by atoms with Crippen molar-refractivity contribution in [2.24, 2.45) is 11.3 Å². The highest BCUT2D eigenvalue weighted by Gasteiger charge is 2.42. The lowest BCUT2D eigenvalue weighted by atomic mass is 9.58. The molecule has 2 unspecified atom stereocenters. The average Bonchev–Trinajstić information content (AvgIpc) is 3.20. The second-order valence-electron chi connectivity index (χ2n) is 8.77. The fourth-order valence-corrected chi connectivity index (χ4v) is 8.09. The zero-order chi connectivity index (χ0) is 18.6. The molecule has 0 aliphatic heterocycles. The zero-order valence-electron chi connectivity index (χ0n) is 17.4. The van der Waals surface area contributed by atoms with Crippen molar-refractivity contribution in [3.63, 3.8) is 0 Å². The van der Waals surface area contributed by atoms with Gasteiger partial charge in [0.25, 0.3) is 0 Å². The van der Waals surface area contributed by atoms with Crippen LogP contribution in [0.3, 0.4) is 0 Å². The first-order chi connectivity index (χ1) is 12.6. The van der Waals surface area contributed by atoms with Gasteiger partial charge in [-0.05, 0) is 55.1 Å². The Balaban J connectivity index is 1.80. The Morgan fingerprint density at radius 2 is 1.73 bits per heavy atom. The van der Waals surface area contributed by atoms with E-state index in [1.807, 2.05) is 0 Å². The lowest BCUT2D eigenvalue weighted by molar-refractivity contribution is 0.0719. The van der Waals surface area contributed by atoms with E-state index in [4.69, 9.17) is 0 Å². The maximum atomic E-state index is 2.56. The number of fused-ring (bicyclic) bond motifs is 1. The maximum Gasteiger partial charge on any atom is 0.0870 e. The highest BCUT2D eigenvalue weighted by Crippen LogP contribution is 2.55. The van der Waals surface area contributed by atoms with Crippen LogP contribution in [0.25, 0.3) is 9.40 Å². The molecule has 0 amide bonds. The highest BCUT2D eigenvalue weighted by molar-refractivity contribution is 7.38. The molecule has 2 heterocycles. The van der Waals surface area contributed by atoms with Crippen LogP contribution in [0.15, 0.2) is 12.1 Å². The molecule has 2 heteroatoms. The lowest BCUT2D eigenvalue weighted by Gasteiger charge is -2.47. The Labute approximate surface area is 169 Å². The standard InChI is InChI=1S/C24H38S2/c1-5-7-9-13-21-16-20-17-22(26-23(20)25-21)19(4)24(18(3)12-6-2)14-10-8-11-15-24/h16-19H,5-15H2,1-4H3. The van der Waals surface area contributed by atoms with Crippen LogP contribution in [0.5, 0.6) is 0 Å². The molecule has 0 saturated heterocycles.